The number of hydrogen-bond donors (Lipinski definition) is 1. The number of ether oxygens (including phenoxy) is 1. The van der Waals surface area contributed by atoms with Gasteiger partial charge in [-0.15, -0.1) is 0 Å². The van der Waals surface area contributed by atoms with Crippen molar-refractivity contribution < 1.29 is 4.74 Å². The minimum atomic E-state index is 0.332. The molecule has 0 amide bonds. The van der Waals surface area contributed by atoms with Crippen LogP contribution >= 0.6 is 0 Å². The fourth-order valence-corrected chi connectivity index (χ4v) is 3.65. The lowest BCUT2D eigenvalue weighted by atomic mass is 10.1. The zero-order valence-electron chi connectivity index (χ0n) is 15.1. The van der Waals surface area contributed by atoms with Crippen LogP contribution in [0, 0.1) is 0 Å². The maximum absolute atomic E-state index is 5.67. The summed E-state index contributed by atoms with van der Waals surface area (Å²) in [6, 6.07) is 0.440. The highest BCUT2D eigenvalue weighted by atomic mass is 16.5. The van der Waals surface area contributed by atoms with Crippen LogP contribution in [0.25, 0.3) is 0 Å². The Kier molecular flexibility index (Phi) is 6.40. The number of methoxy groups -OCH3 is 1. The highest BCUT2D eigenvalue weighted by Gasteiger charge is 2.23. The highest BCUT2D eigenvalue weighted by molar-refractivity contribution is 5.30. The molecule has 1 saturated carbocycles. The first-order valence-electron chi connectivity index (χ1n) is 9.27. The van der Waals surface area contributed by atoms with Crippen LogP contribution in [0.15, 0.2) is 12.4 Å². The Labute approximate surface area is 145 Å². The van der Waals surface area contributed by atoms with E-state index in [9.17, 15) is 0 Å². The normalized spacial score (nSPS) is 26.3. The molecular weight excluding hydrogens is 302 g/mol. The Morgan fingerprint density at radius 3 is 2.50 bits per heavy atom. The molecule has 0 bridgehead atoms. The van der Waals surface area contributed by atoms with Crippen molar-refractivity contribution in [1.82, 2.24) is 20.2 Å². The van der Waals surface area contributed by atoms with E-state index >= 15 is 0 Å². The minimum absolute atomic E-state index is 0.332. The molecule has 24 heavy (non-hydrogen) atoms. The SMILES string of the molecule is COC1CCCCCC1NCc1cnc(N2CCN(C)CC2)nc1. The van der Waals surface area contributed by atoms with Crippen LogP contribution < -0.4 is 10.2 Å². The van der Waals surface area contributed by atoms with Crippen LogP contribution in [0.1, 0.15) is 37.7 Å². The number of rotatable bonds is 5. The second-order valence-corrected chi connectivity index (χ2v) is 7.08. The number of likely N-dealkylation sites (N-methyl/N-ethyl adjacent to an activating group) is 1. The molecule has 0 radical (unpaired) electrons. The summed E-state index contributed by atoms with van der Waals surface area (Å²) in [6.07, 6.45) is 10.5. The lowest BCUT2D eigenvalue weighted by Gasteiger charge is -2.32. The molecular formula is C18H31N5O. The van der Waals surface area contributed by atoms with E-state index in [0.29, 0.717) is 12.1 Å². The molecule has 6 heteroatoms. The molecule has 2 aliphatic rings. The molecule has 1 saturated heterocycles. The molecule has 2 atom stereocenters. The molecule has 0 spiro atoms. The number of nitrogens with one attached hydrogen (secondary N) is 1. The topological polar surface area (TPSA) is 53.5 Å². The first kappa shape index (κ1) is 17.6. The van der Waals surface area contributed by atoms with Gasteiger partial charge in [0.2, 0.25) is 5.95 Å². The average Bonchev–Trinajstić information content (AvgIpc) is 2.86. The fraction of sp³-hybridized carbons (Fsp3) is 0.778. The molecule has 1 aliphatic carbocycles. The largest absolute Gasteiger partial charge is 0.380 e. The van der Waals surface area contributed by atoms with Gasteiger partial charge in [0.1, 0.15) is 0 Å². The standard InChI is InChI=1S/C18H31N5O/c1-22-8-10-23(11-9-22)18-20-13-15(14-21-18)12-19-16-6-4-3-5-7-17(16)24-2/h13-14,16-17,19H,3-12H2,1-2H3. The van der Waals surface area contributed by atoms with E-state index in [-0.39, 0.29) is 0 Å². The highest BCUT2D eigenvalue weighted by Crippen LogP contribution is 2.20. The quantitative estimate of drug-likeness (QED) is 0.827. The zero-order chi connectivity index (χ0) is 16.8. The number of anilines is 1. The zero-order valence-corrected chi connectivity index (χ0v) is 15.1. The van der Waals surface area contributed by atoms with Gasteiger partial charge in [0.05, 0.1) is 6.10 Å². The molecule has 2 unspecified atom stereocenters. The van der Waals surface area contributed by atoms with Crippen LogP contribution in [0.4, 0.5) is 5.95 Å². The Morgan fingerprint density at radius 2 is 1.79 bits per heavy atom. The van der Waals surface area contributed by atoms with E-state index in [2.05, 4.69) is 32.1 Å². The molecule has 134 valence electrons. The van der Waals surface area contributed by atoms with Crippen LogP contribution in [0.2, 0.25) is 0 Å². The van der Waals surface area contributed by atoms with Crippen molar-refractivity contribution >= 4 is 5.95 Å². The first-order chi connectivity index (χ1) is 11.8. The van der Waals surface area contributed by atoms with Crippen molar-refractivity contribution in [3.05, 3.63) is 18.0 Å². The third-order valence-corrected chi connectivity index (χ3v) is 5.30. The van der Waals surface area contributed by atoms with Crippen molar-refractivity contribution in [3.8, 4) is 0 Å². The smallest absolute Gasteiger partial charge is 0.225 e. The number of aromatic nitrogens is 2. The minimum Gasteiger partial charge on any atom is -0.380 e. The van der Waals surface area contributed by atoms with Crippen LogP contribution in [-0.4, -0.2) is 67.4 Å². The Hall–Kier alpha value is -1.24. The summed E-state index contributed by atoms with van der Waals surface area (Å²) in [6.45, 7) is 4.98. The number of piperazine rings is 1. The van der Waals surface area contributed by atoms with E-state index < -0.39 is 0 Å². The lowest BCUT2D eigenvalue weighted by Crippen LogP contribution is -2.45. The first-order valence-corrected chi connectivity index (χ1v) is 9.27. The summed E-state index contributed by atoms with van der Waals surface area (Å²) in [5.74, 6) is 0.857. The van der Waals surface area contributed by atoms with Crippen molar-refractivity contribution in [2.75, 3.05) is 45.2 Å². The van der Waals surface area contributed by atoms with Crippen LogP contribution in [-0.2, 0) is 11.3 Å². The van der Waals surface area contributed by atoms with E-state index in [1.54, 1.807) is 0 Å². The van der Waals surface area contributed by atoms with Gasteiger partial charge in [-0.2, -0.15) is 0 Å². The maximum atomic E-state index is 5.67. The third kappa shape index (κ3) is 4.65. The Bertz CT molecular complexity index is 487. The van der Waals surface area contributed by atoms with Gasteiger partial charge >= 0.3 is 0 Å². The summed E-state index contributed by atoms with van der Waals surface area (Å²) in [7, 11) is 3.99. The maximum Gasteiger partial charge on any atom is 0.225 e. The summed E-state index contributed by atoms with van der Waals surface area (Å²) >= 11 is 0. The van der Waals surface area contributed by atoms with Gasteiger partial charge in [-0.3, -0.25) is 0 Å². The predicted molar refractivity (Wildman–Crippen MR) is 96.3 cm³/mol. The van der Waals surface area contributed by atoms with E-state index in [1.165, 1.54) is 25.7 Å². The lowest BCUT2D eigenvalue weighted by molar-refractivity contribution is 0.0625. The van der Waals surface area contributed by atoms with Gasteiger partial charge in [0.25, 0.3) is 0 Å². The van der Waals surface area contributed by atoms with Crippen molar-refractivity contribution in [2.24, 2.45) is 0 Å². The molecule has 1 aromatic rings. The number of nitrogens with zero attached hydrogens (tertiary/aromatic N) is 4. The second-order valence-electron chi connectivity index (χ2n) is 7.08. The van der Waals surface area contributed by atoms with Gasteiger partial charge in [0, 0.05) is 63.8 Å². The van der Waals surface area contributed by atoms with Crippen molar-refractivity contribution in [2.45, 2.75) is 50.8 Å². The van der Waals surface area contributed by atoms with E-state index in [4.69, 9.17) is 4.74 Å². The van der Waals surface area contributed by atoms with Gasteiger partial charge in [-0.25, -0.2) is 9.97 Å². The van der Waals surface area contributed by atoms with Gasteiger partial charge in [-0.1, -0.05) is 19.3 Å². The molecule has 6 nitrogen and oxygen atoms in total. The van der Waals surface area contributed by atoms with Gasteiger partial charge in [0.15, 0.2) is 0 Å². The van der Waals surface area contributed by atoms with Crippen LogP contribution in [0.3, 0.4) is 0 Å². The molecule has 1 aromatic heterocycles. The van der Waals surface area contributed by atoms with Crippen molar-refractivity contribution in [1.29, 1.82) is 0 Å². The molecule has 1 aliphatic heterocycles. The van der Waals surface area contributed by atoms with Gasteiger partial charge < -0.3 is 19.9 Å². The summed E-state index contributed by atoms with van der Waals surface area (Å²) < 4.78 is 5.67. The third-order valence-electron chi connectivity index (χ3n) is 5.30. The summed E-state index contributed by atoms with van der Waals surface area (Å²) in [5.41, 5.74) is 1.15. The Balaban J connectivity index is 1.52. The van der Waals surface area contributed by atoms with Gasteiger partial charge in [-0.05, 0) is 19.9 Å². The van der Waals surface area contributed by atoms with E-state index in [1.807, 2.05) is 19.5 Å². The second kappa shape index (κ2) is 8.74. The monoisotopic (exact) mass is 333 g/mol. The van der Waals surface area contributed by atoms with Crippen molar-refractivity contribution in [3.63, 3.8) is 0 Å². The van der Waals surface area contributed by atoms with E-state index in [0.717, 1.165) is 50.7 Å². The molecule has 2 heterocycles. The molecule has 2 fully saturated rings. The summed E-state index contributed by atoms with van der Waals surface area (Å²) in [4.78, 5) is 13.8. The Morgan fingerprint density at radius 1 is 1.08 bits per heavy atom. The predicted octanol–water partition coefficient (Wildman–Crippen LogP) is 1.67. The molecule has 1 N–H and O–H groups in total. The average molecular weight is 333 g/mol. The molecule has 0 aromatic carbocycles. The number of hydrogen-bond acceptors (Lipinski definition) is 6. The fourth-order valence-electron chi connectivity index (χ4n) is 3.65. The summed E-state index contributed by atoms with van der Waals surface area (Å²) in [5, 5.41) is 3.66. The van der Waals surface area contributed by atoms with Crippen LogP contribution in [0.5, 0.6) is 0 Å². The molecule has 3 rings (SSSR count).